The third-order valence-corrected chi connectivity index (χ3v) is 7.13. The number of rotatable bonds is 7. The van der Waals surface area contributed by atoms with Crippen molar-refractivity contribution in [2.24, 2.45) is 0 Å². The number of nitrogens with one attached hydrogen (secondary N) is 3. The fourth-order valence-corrected chi connectivity index (χ4v) is 5.28. The van der Waals surface area contributed by atoms with Crippen LogP contribution < -0.4 is 16.0 Å². The standard InChI is InChI=1S/C29H29N5O3/c1-18-32-25-6-4-5-22(27(25)37-18)21-11-12-24(26-23(21)17-31-29(26)36)33-28(35)19-7-9-20(10-8-19)30-13-16-34-14-2-3-15-34/h4-12,30H,2-3,13-17H2,1H3,(H,31,36)(H,33,35). The average Bonchev–Trinajstić information content (AvgIpc) is 3.65. The second-order valence-corrected chi connectivity index (χ2v) is 9.59. The number of nitrogens with zero attached hydrogens (tertiary/aromatic N) is 2. The van der Waals surface area contributed by atoms with Gasteiger partial charge in [0.2, 0.25) is 0 Å². The van der Waals surface area contributed by atoms with E-state index in [0.717, 1.165) is 41.0 Å². The van der Waals surface area contributed by atoms with Gasteiger partial charge in [-0.1, -0.05) is 18.2 Å². The van der Waals surface area contributed by atoms with Crippen LogP contribution in [0.15, 0.2) is 59.0 Å². The van der Waals surface area contributed by atoms with Crippen molar-refractivity contribution >= 4 is 34.3 Å². The lowest BCUT2D eigenvalue weighted by atomic mass is 9.95. The molecule has 3 aromatic carbocycles. The first-order valence-electron chi connectivity index (χ1n) is 12.7. The van der Waals surface area contributed by atoms with Crippen molar-refractivity contribution in [3.05, 3.63) is 77.2 Å². The lowest BCUT2D eigenvalue weighted by molar-refractivity contribution is 0.0966. The molecule has 3 N–H and O–H groups in total. The summed E-state index contributed by atoms with van der Waals surface area (Å²) >= 11 is 0. The van der Waals surface area contributed by atoms with Crippen LogP contribution in [0, 0.1) is 6.92 Å². The molecule has 2 amide bonds. The molecule has 6 rings (SSSR count). The molecule has 0 saturated carbocycles. The van der Waals surface area contributed by atoms with Gasteiger partial charge in [0.25, 0.3) is 11.8 Å². The molecule has 37 heavy (non-hydrogen) atoms. The second kappa shape index (κ2) is 9.71. The number of para-hydroxylation sites is 1. The summed E-state index contributed by atoms with van der Waals surface area (Å²) in [5.41, 5.74) is 6.54. The first-order chi connectivity index (χ1) is 18.1. The van der Waals surface area contributed by atoms with Crippen LogP contribution in [0.25, 0.3) is 22.2 Å². The molecule has 0 aliphatic carbocycles. The molecule has 0 bridgehead atoms. The Hall–Kier alpha value is -4.17. The topological polar surface area (TPSA) is 99.5 Å². The highest BCUT2D eigenvalue weighted by molar-refractivity contribution is 6.12. The van der Waals surface area contributed by atoms with Gasteiger partial charge in [0, 0.05) is 43.4 Å². The molecule has 8 heteroatoms. The van der Waals surface area contributed by atoms with Gasteiger partial charge in [0.05, 0.1) is 11.3 Å². The summed E-state index contributed by atoms with van der Waals surface area (Å²) in [6.07, 6.45) is 2.57. The van der Waals surface area contributed by atoms with Crippen LogP contribution in [0.5, 0.6) is 0 Å². The van der Waals surface area contributed by atoms with Gasteiger partial charge < -0.3 is 25.3 Å². The number of hydrogen-bond donors (Lipinski definition) is 3. The lowest BCUT2D eigenvalue weighted by Crippen LogP contribution is -2.25. The Balaban J connectivity index is 1.21. The molecule has 2 aliphatic heterocycles. The first-order valence-corrected chi connectivity index (χ1v) is 12.7. The molecule has 4 aromatic rings. The maximum absolute atomic E-state index is 13.1. The van der Waals surface area contributed by atoms with E-state index in [9.17, 15) is 9.59 Å². The fourth-order valence-electron chi connectivity index (χ4n) is 5.28. The zero-order valence-corrected chi connectivity index (χ0v) is 20.8. The molecule has 0 atom stereocenters. The highest BCUT2D eigenvalue weighted by Gasteiger charge is 2.28. The number of carbonyl (C=O) groups excluding carboxylic acids is 2. The smallest absolute Gasteiger partial charge is 0.255 e. The molecule has 188 valence electrons. The highest BCUT2D eigenvalue weighted by atomic mass is 16.3. The van der Waals surface area contributed by atoms with E-state index in [-0.39, 0.29) is 11.8 Å². The minimum atomic E-state index is -0.258. The summed E-state index contributed by atoms with van der Waals surface area (Å²) in [5, 5.41) is 9.27. The van der Waals surface area contributed by atoms with Crippen molar-refractivity contribution in [1.29, 1.82) is 0 Å². The SMILES string of the molecule is Cc1nc2cccc(-c3ccc(NC(=O)c4ccc(NCCN5CCCC5)cc4)c4c3CNC4=O)c2o1. The number of anilines is 2. The summed E-state index contributed by atoms with van der Waals surface area (Å²) in [7, 11) is 0. The lowest BCUT2D eigenvalue weighted by Gasteiger charge is -2.15. The van der Waals surface area contributed by atoms with E-state index in [1.165, 1.54) is 25.9 Å². The average molecular weight is 496 g/mol. The maximum atomic E-state index is 13.1. The van der Waals surface area contributed by atoms with Crippen molar-refractivity contribution in [2.75, 3.05) is 36.8 Å². The maximum Gasteiger partial charge on any atom is 0.255 e. The van der Waals surface area contributed by atoms with Gasteiger partial charge in [-0.25, -0.2) is 4.98 Å². The Morgan fingerprint density at radius 3 is 2.68 bits per heavy atom. The molecule has 0 spiro atoms. The van der Waals surface area contributed by atoms with Crippen LogP contribution >= 0.6 is 0 Å². The Labute approximate surface area is 215 Å². The first kappa shape index (κ1) is 23.2. The number of carbonyl (C=O) groups is 2. The van der Waals surface area contributed by atoms with Crippen molar-refractivity contribution in [3.63, 3.8) is 0 Å². The van der Waals surface area contributed by atoms with Crippen LogP contribution in [-0.2, 0) is 6.54 Å². The molecule has 1 aromatic heterocycles. The zero-order valence-electron chi connectivity index (χ0n) is 20.8. The highest BCUT2D eigenvalue weighted by Crippen LogP contribution is 2.37. The minimum Gasteiger partial charge on any atom is -0.440 e. The molecular weight excluding hydrogens is 466 g/mol. The molecule has 8 nitrogen and oxygen atoms in total. The van der Waals surface area contributed by atoms with Gasteiger partial charge in [-0.05, 0) is 73.5 Å². The van der Waals surface area contributed by atoms with Crippen LogP contribution in [0.3, 0.4) is 0 Å². The van der Waals surface area contributed by atoms with E-state index >= 15 is 0 Å². The van der Waals surface area contributed by atoms with Gasteiger partial charge >= 0.3 is 0 Å². The van der Waals surface area contributed by atoms with E-state index < -0.39 is 0 Å². The Bertz CT molecular complexity index is 1490. The Kier molecular flexibility index (Phi) is 6.10. The van der Waals surface area contributed by atoms with E-state index in [2.05, 4.69) is 25.8 Å². The predicted octanol–water partition coefficient (Wildman–Crippen LogP) is 4.81. The van der Waals surface area contributed by atoms with Crippen LogP contribution in [-0.4, -0.2) is 47.9 Å². The fraction of sp³-hybridized carbons (Fsp3) is 0.276. The van der Waals surface area contributed by atoms with Gasteiger partial charge in [0.1, 0.15) is 5.52 Å². The molecule has 1 saturated heterocycles. The van der Waals surface area contributed by atoms with Gasteiger partial charge in [0.15, 0.2) is 11.5 Å². The van der Waals surface area contributed by atoms with Crippen molar-refractivity contribution in [3.8, 4) is 11.1 Å². The van der Waals surface area contributed by atoms with Crippen molar-refractivity contribution < 1.29 is 14.0 Å². The third-order valence-electron chi connectivity index (χ3n) is 7.13. The van der Waals surface area contributed by atoms with Crippen molar-refractivity contribution in [1.82, 2.24) is 15.2 Å². The summed E-state index contributed by atoms with van der Waals surface area (Å²) in [4.78, 5) is 32.7. The monoisotopic (exact) mass is 495 g/mol. The Morgan fingerprint density at radius 2 is 1.86 bits per heavy atom. The van der Waals surface area contributed by atoms with E-state index in [1.807, 2.05) is 43.3 Å². The molecule has 3 heterocycles. The third kappa shape index (κ3) is 4.56. The van der Waals surface area contributed by atoms with Gasteiger partial charge in [-0.2, -0.15) is 0 Å². The molecule has 2 aliphatic rings. The largest absolute Gasteiger partial charge is 0.440 e. The molecular formula is C29H29N5O3. The summed E-state index contributed by atoms with van der Waals surface area (Å²) in [6, 6.07) is 16.9. The molecule has 0 unspecified atom stereocenters. The van der Waals surface area contributed by atoms with E-state index in [0.29, 0.717) is 34.8 Å². The number of likely N-dealkylation sites (tertiary alicyclic amines) is 1. The Morgan fingerprint density at radius 1 is 1.05 bits per heavy atom. The van der Waals surface area contributed by atoms with E-state index in [4.69, 9.17) is 4.42 Å². The second-order valence-electron chi connectivity index (χ2n) is 9.59. The number of hydrogen-bond acceptors (Lipinski definition) is 6. The van der Waals surface area contributed by atoms with Gasteiger partial charge in [-0.15, -0.1) is 0 Å². The number of fused-ring (bicyclic) bond motifs is 2. The molecule has 0 radical (unpaired) electrons. The number of amides is 2. The normalized spacial score (nSPS) is 15.1. The zero-order chi connectivity index (χ0) is 25.4. The minimum absolute atomic E-state index is 0.203. The number of aromatic nitrogens is 1. The molecule has 1 fully saturated rings. The summed E-state index contributed by atoms with van der Waals surface area (Å²) < 4.78 is 5.86. The summed E-state index contributed by atoms with van der Waals surface area (Å²) in [6.45, 7) is 6.46. The number of oxazole rings is 1. The van der Waals surface area contributed by atoms with Crippen molar-refractivity contribution in [2.45, 2.75) is 26.3 Å². The number of benzene rings is 3. The summed E-state index contributed by atoms with van der Waals surface area (Å²) in [5.74, 6) is 0.127. The number of aryl methyl sites for hydroxylation is 1. The van der Waals surface area contributed by atoms with Gasteiger partial charge in [-0.3, -0.25) is 9.59 Å². The predicted molar refractivity (Wildman–Crippen MR) is 144 cm³/mol. The quantitative estimate of drug-likeness (QED) is 0.340. The van der Waals surface area contributed by atoms with Crippen LogP contribution in [0.1, 0.15) is 45.0 Å². The van der Waals surface area contributed by atoms with E-state index in [1.54, 1.807) is 18.2 Å². The van der Waals surface area contributed by atoms with Crippen LogP contribution in [0.4, 0.5) is 11.4 Å². The van der Waals surface area contributed by atoms with Crippen LogP contribution in [0.2, 0.25) is 0 Å².